The molecule has 8 atom stereocenters. The zero-order valence-corrected chi connectivity index (χ0v) is 20.4. The van der Waals surface area contributed by atoms with Crippen LogP contribution >= 0.6 is 0 Å². The van der Waals surface area contributed by atoms with E-state index in [0.29, 0.717) is 37.0 Å². The monoisotopic (exact) mass is 444 g/mol. The van der Waals surface area contributed by atoms with Gasteiger partial charge in [0.05, 0.1) is 0 Å². The van der Waals surface area contributed by atoms with Crippen LogP contribution in [0.15, 0.2) is 11.6 Å². The molecule has 5 nitrogen and oxygen atoms in total. The molecular formula is C27H40O5. The van der Waals surface area contributed by atoms with Gasteiger partial charge in [-0.15, -0.1) is 0 Å². The summed E-state index contributed by atoms with van der Waals surface area (Å²) in [6.07, 6.45) is 7.64. The first kappa shape index (κ1) is 23.7. The normalized spacial score (nSPS) is 45.4. The van der Waals surface area contributed by atoms with Crippen molar-refractivity contribution in [3.8, 4) is 0 Å². The summed E-state index contributed by atoms with van der Waals surface area (Å²) in [5.74, 6) is 0.957. The van der Waals surface area contributed by atoms with Gasteiger partial charge in [-0.1, -0.05) is 39.7 Å². The fraction of sp³-hybridized carbons (Fsp3) is 0.815. The van der Waals surface area contributed by atoms with E-state index in [4.69, 9.17) is 4.74 Å². The summed E-state index contributed by atoms with van der Waals surface area (Å²) in [7, 11) is 0. The molecule has 3 fully saturated rings. The van der Waals surface area contributed by atoms with Crippen LogP contribution in [0.4, 0.5) is 0 Å². The highest BCUT2D eigenvalue weighted by Crippen LogP contribution is 2.69. The van der Waals surface area contributed by atoms with Crippen LogP contribution in [0, 0.1) is 34.5 Å². The molecule has 3 saturated carbocycles. The first-order chi connectivity index (χ1) is 15.0. The van der Waals surface area contributed by atoms with Gasteiger partial charge in [0.2, 0.25) is 0 Å². The van der Waals surface area contributed by atoms with Gasteiger partial charge in [-0.25, -0.2) is 0 Å². The highest BCUT2D eigenvalue weighted by molar-refractivity contribution is 5.95. The highest BCUT2D eigenvalue weighted by Gasteiger charge is 2.68. The SMILES string of the molecule is CCCCC(=O)O[C@]1(C(C)=O)CC[C@H]2[C@@H]3C[C@H](C)C4=CC(=O)C(O)C[C@]4(C)[C@H]3CC[C@@]21C. The fourth-order valence-corrected chi connectivity index (χ4v) is 8.43. The van der Waals surface area contributed by atoms with Crippen molar-refractivity contribution < 1.29 is 24.2 Å². The largest absolute Gasteiger partial charge is 0.450 e. The number of rotatable bonds is 5. The zero-order chi connectivity index (χ0) is 23.5. The first-order valence-corrected chi connectivity index (χ1v) is 12.7. The first-order valence-electron chi connectivity index (χ1n) is 12.7. The molecule has 0 aliphatic heterocycles. The van der Waals surface area contributed by atoms with Crippen molar-refractivity contribution in [2.24, 2.45) is 34.5 Å². The number of carbonyl (C=O) groups excluding carboxylic acids is 3. The van der Waals surface area contributed by atoms with Gasteiger partial charge in [0.1, 0.15) is 6.10 Å². The van der Waals surface area contributed by atoms with Gasteiger partial charge in [-0.2, -0.15) is 0 Å². The predicted octanol–water partition coefficient (Wildman–Crippen LogP) is 4.80. The smallest absolute Gasteiger partial charge is 0.306 e. The van der Waals surface area contributed by atoms with Crippen molar-refractivity contribution in [3.63, 3.8) is 0 Å². The van der Waals surface area contributed by atoms with Crippen molar-refractivity contribution in [1.29, 1.82) is 0 Å². The molecule has 1 N–H and O–H groups in total. The van der Waals surface area contributed by atoms with Crippen molar-refractivity contribution in [3.05, 3.63) is 11.6 Å². The summed E-state index contributed by atoms with van der Waals surface area (Å²) in [5, 5.41) is 10.4. The summed E-state index contributed by atoms with van der Waals surface area (Å²) in [6, 6.07) is 0. The molecule has 178 valence electrons. The lowest BCUT2D eigenvalue weighted by Crippen LogP contribution is -2.59. The number of aliphatic hydroxyl groups is 1. The lowest BCUT2D eigenvalue weighted by molar-refractivity contribution is -0.190. The summed E-state index contributed by atoms with van der Waals surface area (Å²) in [4.78, 5) is 38.0. The molecule has 0 heterocycles. The van der Waals surface area contributed by atoms with Crippen LogP contribution in [0.1, 0.15) is 92.4 Å². The lowest BCUT2D eigenvalue weighted by Gasteiger charge is -2.60. The van der Waals surface area contributed by atoms with E-state index in [1.807, 2.05) is 6.92 Å². The Labute approximate surface area is 192 Å². The third-order valence-corrected chi connectivity index (χ3v) is 10.0. The Hall–Kier alpha value is -1.49. The number of Topliss-reactive ketones (excluding diaryl/α,β-unsaturated/α-hetero) is 1. The highest BCUT2D eigenvalue weighted by atomic mass is 16.6. The molecule has 1 unspecified atom stereocenters. The molecular weight excluding hydrogens is 404 g/mol. The number of ketones is 2. The minimum atomic E-state index is -1.02. The average Bonchev–Trinajstić information content (AvgIpc) is 3.02. The minimum Gasteiger partial charge on any atom is -0.450 e. The maximum atomic E-state index is 13.1. The Kier molecular flexibility index (Phi) is 5.97. The quantitative estimate of drug-likeness (QED) is 0.616. The van der Waals surface area contributed by atoms with Gasteiger partial charge < -0.3 is 9.84 Å². The molecule has 5 heteroatoms. The van der Waals surface area contributed by atoms with E-state index in [9.17, 15) is 19.5 Å². The summed E-state index contributed by atoms with van der Waals surface area (Å²) in [6.45, 7) is 10.3. The molecule has 4 aliphatic carbocycles. The molecule has 0 aromatic rings. The van der Waals surface area contributed by atoms with E-state index in [2.05, 4.69) is 20.8 Å². The molecule has 4 aliphatic rings. The topological polar surface area (TPSA) is 80.7 Å². The fourth-order valence-electron chi connectivity index (χ4n) is 8.43. The maximum Gasteiger partial charge on any atom is 0.306 e. The Balaban J connectivity index is 1.67. The minimum absolute atomic E-state index is 0.0138. The van der Waals surface area contributed by atoms with Crippen LogP contribution in [-0.2, 0) is 19.1 Å². The van der Waals surface area contributed by atoms with Crippen molar-refractivity contribution >= 4 is 17.5 Å². The Morgan fingerprint density at radius 1 is 1.19 bits per heavy atom. The summed E-state index contributed by atoms with van der Waals surface area (Å²) < 4.78 is 6.12. The molecule has 0 aromatic carbocycles. The molecule has 0 spiro atoms. The maximum absolute atomic E-state index is 13.1. The van der Waals surface area contributed by atoms with E-state index in [0.717, 1.165) is 38.5 Å². The van der Waals surface area contributed by atoms with E-state index >= 15 is 0 Å². The summed E-state index contributed by atoms with van der Waals surface area (Å²) in [5.41, 5.74) is -0.353. The number of carbonyl (C=O) groups is 3. The van der Waals surface area contributed by atoms with Crippen LogP contribution in [0.2, 0.25) is 0 Å². The number of unbranched alkanes of at least 4 members (excludes halogenated alkanes) is 1. The molecule has 0 radical (unpaired) electrons. The third kappa shape index (κ3) is 3.25. The molecule has 0 bridgehead atoms. The number of ether oxygens (including phenoxy) is 1. The number of aliphatic hydroxyl groups excluding tert-OH is 1. The standard InChI is InChI=1S/C27H40O5/c1-6-7-8-24(31)32-27(17(3)28)12-10-20-18-13-16(2)21-14-22(29)23(30)15-25(21,4)19(18)9-11-26(20,27)5/h14,16,18-20,23,30H,6-13,15H2,1-5H3/t16-,18+,19-,20-,23?,25+,26-,27-/m0/s1. The number of fused-ring (bicyclic) bond motifs is 5. The Morgan fingerprint density at radius 2 is 1.88 bits per heavy atom. The van der Waals surface area contributed by atoms with Gasteiger partial charge in [0.15, 0.2) is 17.2 Å². The second-order valence-electron chi connectivity index (χ2n) is 11.6. The van der Waals surface area contributed by atoms with E-state index < -0.39 is 11.7 Å². The van der Waals surface area contributed by atoms with Crippen molar-refractivity contribution in [2.75, 3.05) is 0 Å². The van der Waals surface area contributed by atoms with Crippen LogP contribution in [0.5, 0.6) is 0 Å². The van der Waals surface area contributed by atoms with Crippen LogP contribution in [0.25, 0.3) is 0 Å². The van der Waals surface area contributed by atoms with Gasteiger partial charge in [0.25, 0.3) is 0 Å². The van der Waals surface area contributed by atoms with Gasteiger partial charge >= 0.3 is 5.97 Å². The van der Waals surface area contributed by atoms with Crippen LogP contribution < -0.4 is 0 Å². The van der Waals surface area contributed by atoms with Crippen LogP contribution in [0.3, 0.4) is 0 Å². The van der Waals surface area contributed by atoms with Crippen LogP contribution in [-0.4, -0.2) is 34.3 Å². The lowest BCUT2D eigenvalue weighted by atomic mass is 9.44. The molecule has 0 saturated heterocycles. The van der Waals surface area contributed by atoms with Gasteiger partial charge in [-0.05, 0) is 87.0 Å². The second kappa shape index (κ2) is 8.07. The van der Waals surface area contributed by atoms with Crippen molar-refractivity contribution in [1.82, 2.24) is 0 Å². The molecule has 4 rings (SSSR count). The molecule has 0 aromatic heterocycles. The average molecular weight is 445 g/mol. The summed E-state index contributed by atoms with van der Waals surface area (Å²) >= 11 is 0. The zero-order valence-electron chi connectivity index (χ0n) is 20.4. The van der Waals surface area contributed by atoms with Gasteiger partial charge in [-0.3, -0.25) is 14.4 Å². The Bertz CT molecular complexity index is 845. The Morgan fingerprint density at radius 3 is 2.53 bits per heavy atom. The number of hydrogen-bond donors (Lipinski definition) is 1. The second-order valence-corrected chi connectivity index (χ2v) is 11.6. The number of esters is 1. The van der Waals surface area contributed by atoms with E-state index in [1.54, 1.807) is 13.0 Å². The number of hydrogen-bond acceptors (Lipinski definition) is 5. The predicted molar refractivity (Wildman–Crippen MR) is 122 cm³/mol. The van der Waals surface area contributed by atoms with E-state index in [1.165, 1.54) is 5.57 Å². The van der Waals surface area contributed by atoms with Gasteiger partial charge in [0, 0.05) is 11.8 Å². The third-order valence-electron chi connectivity index (χ3n) is 10.0. The van der Waals surface area contributed by atoms with E-state index in [-0.39, 0.29) is 34.3 Å². The molecule has 32 heavy (non-hydrogen) atoms. The number of allylic oxidation sites excluding steroid dienone is 1. The van der Waals surface area contributed by atoms with Crippen molar-refractivity contribution in [2.45, 2.75) is 104 Å². The molecule has 0 amide bonds.